The number of benzene rings is 2. The third kappa shape index (κ3) is 5.22. The molecule has 2 heterocycles. The summed E-state index contributed by atoms with van der Waals surface area (Å²) in [5.41, 5.74) is 3.92. The van der Waals surface area contributed by atoms with Crippen LogP contribution in [0.1, 0.15) is 41.2 Å². The van der Waals surface area contributed by atoms with Crippen molar-refractivity contribution in [3.8, 4) is 16.8 Å². The van der Waals surface area contributed by atoms with Crippen LogP contribution in [0.5, 0.6) is 0 Å². The molecule has 0 radical (unpaired) electrons. The number of amides is 1. The van der Waals surface area contributed by atoms with Crippen molar-refractivity contribution in [2.75, 3.05) is 5.32 Å². The van der Waals surface area contributed by atoms with Gasteiger partial charge in [-0.25, -0.2) is 9.48 Å². The van der Waals surface area contributed by atoms with Gasteiger partial charge in [0.2, 0.25) is 5.91 Å². The van der Waals surface area contributed by atoms with Gasteiger partial charge in [0.15, 0.2) is 0 Å². The number of nitrogens with one attached hydrogen (secondary N) is 1. The molecule has 8 nitrogen and oxygen atoms in total. The largest absolute Gasteiger partial charge is 0.478 e. The van der Waals surface area contributed by atoms with Gasteiger partial charge in [0.1, 0.15) is 0 Å². The number of carboxylic acid groups (broad SMARTS) is 1. The molecule has 2 aromatic heterocycles. The fraction of sp³-hybridized carbons (Fsp3) is 0.192. The number of rotatable bonds is 8. The second-order valence-electron chi connectivity index (χ2n) is 8.58. The normalized spacial score (nSPS) is 13.9. The number of pyridine rings is 1. The van der Waals surface area contributed by atoms with Gasteiger partial charge in [-0.1, -0.05) is 35.7 Å². The fourth-order valence-corrected chi connectivity index (χ4v) is 4.19. The SMILES string of the molecule is O=C(O)c1ccc(NC(=O)C(CC2CC2)c2ccc(-c3cc(Cl)ccc3-n3ccnn3)cn2)cc1. The van der Waals surface area contributed by atoms with Crippen LogP contribution < -0.4 is 5.32 Å². The molecule has 35 heavy (non-hydrogen) atoms. The Morgan fingerprint density at radius 3 is 2.54 bits per heavy atom. The minimum atomic E-state index is -1.01. The molecule has 0 bridgehead atoms. The summed E-state index contributed by atoms with van der Waals surface area (Å²) in [7, 11) is 0. The number of aromatic nitrogens is 4. The summed E-state index contributed by atoms with van der Waals surface area (Å²) in [4.78, 5) is 28.9. The third-order valence-electron chi connectivity index (χ3n) is 6.06. The molecule has 5 rings (SSSR count). The molecule has 2 N–H and O–H groups in total. The summed E-state index contributed by atoms with van der Waals surface area (Å²) < 4.78 is 1.67. The Hall–Kier alpha value is -4.04. The Balaban J connectivity index is 1.40. The van der Waals surface area contributed by atoms with Crippen molar-refractivity contribution in [3.05, 3.63) is 89.5 Å². The highest BCUT2D eigenvalue weighted by molar-refractivity contribution is 6.31. The highest BCUT2D eigenvalue weighted by Gasteiger charge is 2.31. The van der Waals surface area contributed by atoms with Gasteiger partial charge >= 0.3 is 5.97 Å². The van der Waals surface area contributed by atoms with Crippen molar-refractivity contribution in [1.29, 1.82) is 0 Å². The zero-order chi connectivity index (χ0) is 24.4. The minimum Gasteiger partial charge on any atom is -0.478 e. The first-order chi connectivity index (χ1) is 17.0. The molecule has 1 saturated carbocycles. The van der Waals surface area contributed by atoms with Crippen molar-refractivity contribution in [2.24, 2.45) is 5.92 Å². The average molecular weight is 488 g/mol. The topological polar surface area (TPSA) is 110 Å². The lowest BCUT2D eigenvalue weighted by Gasteiger charge is -2.17. The maximum Gasteiger partial charge on any atom is 0.335 e. The first-order valence-electron chi connectivity index (χ1n) is 11.2. The molecule has 176 valence electrons. The predicted molar refractivity (Wildman–Crippen MR) is 132 cm³/mol. The van der Waals surface area contributed by atoms with Gasteiger partial charge in [0.25, 0.3) is 0 Å². The minimum absolute atomic E-state index is 0.161. The molecule has 1 amide bonds. The van der Waals surface area contributed by atoms with Crippen LogP contribution in [-0.4, -0.2) is 37.0 Å². The van der Waals surface area contributed by atoms with E-state index >= 15 is 0 Å². The molecular weight excluding hydrogens is 466 g/mol. The van der Waals surface area contributed by atoms with Gasteiger partial charge in [0.05, 0.1) is 35.3 Å². The van der Waals surface area contributed by atoms with Crippen LogP contribution in [0.25, 0.3) is 16.8 Å². The van der Waals surface area contributed by atoms with Gasteiger partial charge < -0.3 is 10.4 Å². The van der Waals surface area contributed by atoms with E-state index in [4.69, 9.17) is 16.7 Å². The standard InChI is InChI=1S/C26H22ClN5O3/c27-19-6-10-24(32-12-11-29-31-32)21(14-19)18-5-9-23(28-15-18)22(13-16-1-2-16)25(33)30-20-7-3-17(4-8-20)26(34)35/h3-12,14-16,22H,1-2,13H2,(H,30,33)(H,34,35). The number of halogens is 1. The molecular formula is C26H22ClN5O3. The van der Waals surface area contributed by atoms with Crippen molar-refractivity contribution in [2.45, 2.75) is 25.2 Å². The molecule has 0 aliphatic heterocycles. The predicted octanol–water partition coefficient (Wildman–Crippen LogP) is 5.20. The van der Waals surface area contributed by atoms with Crippen LogP contribution in [0.4, 0.5) is 5.69 Å². The maximum atomic E-state index is 13.2. The van der Waals surface area contributed by atoms with E-state index in [0.29, 0.717) is 28.7 Å². The number of carbonyl (C=O) groups excluding carboxylic acids is 1. The number of aromatic carboxylic acids is 1. The van der Waals surface area contributed by atoms with E-state index in [9.17, 15) is 9.59 Å². The molecule has 4 aromatic rings. The first kappa shape index (κ1) is 22.7. The van der Waals surface area contributed by atoms with Crippen molar-refractivity contribution in [3.63, 3.8) is 0 Å². The van der Waals surface area contributed by atoms with E-state index < -0.39 is 11.9 Å². The maximum absolute atomic E-state index is 13.2. The third-order valence-corrected chi connectivity index (χ3v) is 6.30. The van der Waals surface area contributed by atoms with Crippen LogP contribution in [0, 0.1) is 5.92 Å². The number of hydrogen-bond acceptors (Lipinski definition) is 5. The summed E-state index contributed by atoms with van der Waals surface area (Å²) in [6.07, 6.45) is 8.05. The quantitative estimate of drug-likeness (QED) is 0.353. The number of nitrogens with zero attached hydrogens (tertiary/aromatic N) is 4. The number of carbonyl (C=O) groups is 2. The van der Waals surface area contributed by atoms with E-state index in [1.165, 1.54) is 12.1 Å². The Kier molecular flexibility index (Phi) is 6.29. The lowest BCUT2D eigenvalue weighted by molar-refractivity contribution is -0.117. The molecule has 1 fully saturated rings. The summed E-state index contributed by atoms with van der Waals surface area (Å²) in [6.45, 7) is 0. The van der Waals surface area contributed by atoms with Gasteiger partial charge in [-0.3, -0.25) is 9.78 Å². The first-order valence-corrected chi connectivity index (χ1v) is 11.6. The van der Waals surface area contributed by atoms with E-state index in [1.807, 2.05) is 24.3 Å². The molecule has 0 spiro atoms. The summed E-state index contributed by atoms with van der Waals surface area (Å²) >= 11 is 6.27. The Labute approximate surface area is 206 Å². The molecule has 1 atom stereocenters. The average Bonchev–Trinajstić information content (AvgIpc) is 3.53. The van der Waals surface area contributed by atoms with Crippen LogP contribution in [0.15, 0.2) is 73.2 Å². The highest BCUT2D eigenvalue weighted by atomic mass is 35.5. The van der Waals surface area contributed by atoms with E-state index in [2.05, 4.69) is 20.6 Å². The van der Waals surface area contributed by atoms with Gasteiger partial charge in [-0.2, -0.15) is 0 Å². The van der Waals surface area contributed by atoms with Crippen LogP contribution >= 0.6 is 11.6 Å². The van der Waals surface area contributed by atoms with Crippen LogP contribution in [-0.2, 0) is 4.79 Å². The fourth-order valence-electron chi connectivity index (χ4n) is 4.02. The van der Waals surface area contributed by atoms with Crippen molar-refractivity contribution >= 4 is 29.2 Å². The number of anilines is 1. The molecule has 1 unspecified atom stereocenters. The summed E-state index contributed by atoms with van der Waals surface area (Å²) in [6, 6.07) is 15.5. The Morgan fingerprint density at radius 2 is 1.91 bits per heavy atom. The van der Waals surface area contributed by atoms with E-state index in [-0.39, 0.29) is 11.5 Å². The summed E-state index contributed by atoms with van der Waals surface area (Å²) in [5.74, 6) is -1.07. The van der Waals surface area contributed by atoms with Crippen molar-refractivity contribution < 1.29 is 14.7 Å². The summed E-state index contributed by atoms with van der Waals surface area (Å²) in [5, 5.41) is 20.6. The van der Waals surface area contributed by atoms with Gasteiger partial charge in [-0.15, -0.1) is 5.10 Å². The van der Waals surface area contributed by atoms with Crippen LogP contribution in [0.3, 0.4) is 0 Å². The Bertz CT molecular complexity index is 1350. The lowest BCUT2D eigenvalue weighted by atomic mass is 9.95. The number of carboxylic acids is 1. The molecule has 9 heteroatoms. The van der Waals surface area contributed by atoms with Gasteiger partial charge in [-0.05, 0) is 60.9 Å². The van der Waals surface area contributed by atoms with Crippen LogP contribution in [0.2, 0.25) is 5.02 Å². The van der Waals surface area contributed by atoms with Crippen molar-refractivity contribution in [1.82, 2.24) is 20.0 Å². The zero-order valence-electron chi connectivity index (χ0n) is 18.6. The second-order valence-corrected chi connectivity index (χ2v) is 9.02. The smallest absolute Gasteiger partial charge is 0.335 e. The highest BCUT2D eigenvalue weighted by Crippen LogP contribution is 2.39. The lowest BCUT2D eigenvalue weighted by Crippen LogP contribution is -2.22. The van der Waals surface area contributed by atoms with E-state index in [1.54, 1.807) is 41.5 Å². The molecule has 0 saturated heterocycles. The zero-order valence-corrected chi connectivity index (χ0v) is 19.4. The molecule has 2 aromatic carbocycles. The molecule has 1 aliphatic carbocycles. The second kappa shape index (κ2) is 9.68. The molecule has 1 aliphatic rings. The van der Waals surface area contributed by atoms with E-state index in [0.717, 1.165) is 29.7 Å². The Morgan fingerprint density at radius 1 is 1.11 bits per heavy atom. The van der Waals surface area contributed by atoms with Gasteiger partial charge in [0, 0.05) is 28.0 Å². The monoisotopic (exact) mass is 487 g/mol. The number of hydrogen-bond donors (Lipinski definition) is 2.